The summed E-state index contributed by atoms with van der Waals surface area (Å²) < 4.78 is 42.2. The van der Waals surface area contributed by atoms with Crippen molar-refractivity contribution in [1.82, 2.24) is 19.9 Å². The van der Waals surface area contributed by atoms with Gasteiger partial charge in [-0.15, -0.1) is 0 Å². The van der Waals surface area contributed by atoms with Crippen LogP contribution in [0.2, 0.25) is 0 Å². The number of halogens is 3. The SMILES string of the molecule is CC(=O)N(Cc1noc(C2CC2)n1)C1CCN(CCC(F)(F)F)C1. The van der Waals surface area contributed by atoms with E-state index in [1.165, 1.54) is 6.92 Å². The highest BCUT2D eigenvalue weighted by molar-refractivity contribution is 5.73. The van der Waals surface area contributed by atoms with Crippen molar-refractivity contribution in [2.24, 2.45) is 0 Å². The van der Waals surface area contributed by atoms with Gasteiger partial charge in [0.25, 0.3) is 0 Å². The van der Waals surface area contributed by atoms with Gasteiger partial charge < -0.3 is 14.3 Å². The van der Waals surface area contributed by atoms with Gasteiger partial charge in [0.1, 0.15) is 0 Å². The van der Waals surface area contributed by atoms with Gasteiger partial charge in [0.2, 0.25) is 11.8 Å². The molecule has 24 heavy (non-hydrogen) atoms. The van der Waals surface area contributed by atoms with Crippen LogP contribution in [-0.2, 0) is 11.3 Å². The number of carbonyl (C=O) groups excluding carboxylic acids is 1. The summed E-state index contributed by atoms with van der Waals surface area (Å²) >= 11 is 0. The molecule has 1 aromatic heterocycles. The van der Waals surface area contributed by atoms with Gasteiger partial charge in [-0.3, -0.25) is 4.79 Å². The van der Waals surface area contributed by atoms with E-state index in [9.17, 15) is 18.0 Å². The number of aromatic nitrogens is 2. The lowest BCUT2D eigenvalue weighted by molar-refractivity contribution is -0.138. The summed E-state index contributed by atoms with van der Waals surface area (Å²) in [5.74, 6) is 1.30. The molecule has 1 unspecified atom stereocenters. The number of alkyl halides is 3. The van der Waals surface area contributed by atoms with Crippen molar-refractivity contribution in [3.05, 3.63) is 11.7 Å². The minimum absolute atomic E-state index is 0.0280. The monoisotopic (exact) mass is 346 g/mol. The van der Waals surface area contributed by atoms with E-state index in [-0.39, 0.29) is 25.0 Å². The van der Waals surface area contributed by atoms with E-state index in [4.69, 9.17) is 4.52 Å². The minimum Gasteiger partial charge on any atom is -0.339 e. The van der Waals surface area contributed by atoms with Crippen LogP contribution >= 0.6 is 0 Å². The van der Waals surface area contributed by atoms with Gasteiger partial charge in [-0.2, -0.15) is 18.2 Å². The molecule has 0 radical (unpaired) electrons. The first-order valence-corrected chi connectivity index (χ1v) is 8.20. The smallest absolute Gasteiger partial charge is 0.339 e. The van der Waals surface area contributed by atoms with E-state index in [1.807, 2.05) is 0 Å². The van der Waals surface area contributed by atoms with Crippen molar-refractivity contribution in [3.8, 4) is 0 Å². The maximum atomic E-state index is 12.3. The van der Waals surface area contributed by atoms with E-state index in [2.05, 4.69) is 10.1 Å². The van der Waals surface area contributed by atoms with Gasteiger partial charge in [-0.05, 0) is 19.3 Å². The number of amides is 1. The third kappa shape index (κ3) is 4.46. The topological polar surface area (TPSA) is 62.5 Å². The van der Waals surface area contributed by atoms with Crippen LogP contribution in [0.25, 0.3) is 0 Å². The van der Waals surface area contributed by atoms with Gasteiger partial charge in [-0.25, -0.2) is 0 Å². The molecule has 6 nitrogen and oxygen atoms in total. The van der Waals surface area contributed by atoms with Crippen molar-refractivity contribution in [2.75, 3.05) is 19.6 Å². The highest BCUT2D eigenvalue weighted by atomic mass is 19.4. The number of likely N-dealkylation sites (tertiary alicyclic amines) is 1. The summed E-state index contributed by atoms with van der Waals surface area (Å²) in [6.07, 6.45) is -2.22. The molecule has 1 saturated carbocycles. The van der Waals surface area contributed by atoms with E-state index < -0.39 is 12.6 Å². The van der Waals surface area contributed by atoms with Crippen LogP contribution in [0.15, 0.2) is 4.52 Å². The molecule has 2 fully saturated rings. The first kappa shape index (κ1) is 17.2. The average molecular weight is 346 g/mol. The zero-order valence-corrected chi connectivity index (χ0v) is 13.6. The summed E-state index contributed by atoms with van der Waals surface area (Å²) in [5.41, 5.74) is 0. The first-order chi connectivity index (χ1) is 11.3. The van der Waals surface area contributed by atoms with E-state index >= 15 is 0 Å². The third-order valence-corrected chi connectivity index (χ3v) is 4.53. The van der Waals surface area contributed by atoms with Crippen molar-refractivity contribution in [3.63, 3.8) is 0 Å². The van der Waals surface area contributed by atoms with Crippen LogP contribution in [0, 0.1) is 0 Å². The van der Waals surface area contributed by atoms with E-state index in [0.717, 1.165) is 12.8 Å². The van der Waals surface area contributed by atoms with Crippen LogP contribution in [0.4, 0.5) is 13.2 Å². The number of carbonyl (C=O) groups is 1. The fourth-order valence-corrected chi connectivity index (χ4v) is 3.03. The van der Waals surface area contributed by atoms with Gasteiger partial charge in [0.15, 0.2) is 5.82 Å². The molecule has 1 aromatic rings. The molecular weight excluding hydrogens is 325 g/mol. The molecule has 1 aliphatic heterocycles. The Balaban J connectivity index is 1.56. The van der Waals surface area contributed by atoms with E-state index in [0.29, 0.717) is 37.1 Å². The fourth-order valence-electron chi connectivity index (χ4n) is 3.03. The molecule has 1 aliphatic carbocycles. The molecule has 0 spiro atoms. The largest absolute Gasteiger partial charge is 0.390 e. The minimum atomic E-state index is -4.15. The normalized spacial score (nSPS) is 22.1. The van der Waals surface area contributed by atoms with Gasteiger partial charge in [-0.1, -0.05) is 5.16 Å². The molecule has 0 bridgehead atoms. The second-order valence-corrected chi connectivity index (χ2v) is 6.58. The Morgan fingerprint density at radius 2 is 2.12 bits per heavy atom. The van der Waals surface area contributed by atoms with Gasteiger partial charge >= 0.3 is 6.18 Å². The van der Waals surface area contributed by atoms with Crippen LogP contribution in [0.3, 0.4) is 0 Å². The van der Waals surface area contributed by atoms with E-state index in [1.54, 1.807) is 9.80 Å². The summed E-state index contributed by atoms with van der Waals surface area (Å²) in [6, 6.07) is -0.112. The maximum Gasteiger partial charge on any atom is 0.390 e. The van der Waals surface area contributed by atoms with Crippen molar-refractivity contribution < 1.29 is 22.5 Å². The zero-order chi connectivity index (χ0) is 17.3. The van der Waals surface area contributed by atoms with Crippen LogP contribution in [0.5, 0.6) is 0 Å². The molecule has 0 aromatic carbocycles. The molecule has 0 N–H and O–H groups in total. The standard InChI is InChI=1S/C15H21F3N4O2/c1-10(23)22(9-13-19-14(24-20-13)11-2-3-11)12-4-6-21(8-12)7-5-15(16,17)18/h11-12H,2-9H2,1H3. The van der Waals surface area contributed by atoms with Crippen molar-refractivity contribution >= 4 is 5.91 Å². The summed E-state index contributed by atoms with van der Waals surface area (Å²) in [6.45, 7) is 2.68. The predicted octanol–water partition coefficient (Wildman–Crippen LogP) is 2.32. The lowest BCUT2D eigenvalue weighted by atomic mass is 10.2. The molecule has 2 heterocycles. The molecule has 134 valence electrons. The lowest BCUT2D eigenvalue weighted by Gasteiger charge is -2.27. The number of hydrogen-bond acceptors (Lipinski definition) is 5. The Kier molecular flexibility index (Phi) is 4.80. The highest BCUT2D eigenvalue weighted by Crippen LogP contribution is 2.38. The second kappa shape index (κ2) is 6.70. The third-order valence-electron chi connectivity index (χ3n) is 4.53. The van der Waals surface area contributed by atoms with Crippen molar-refractivity contribution in [2.45, 2.75) is 57.3 Å². The summed E-state index contributed by atoms with van der Waals surface area (Å²) in [4.78, 5) is 19.7. The Morgan fingerprint density at radius 3 is 2.75 bits per heavy atom. The fraction of sp³-hybridized carbons (Fsp3) is 0.800. The molecular formula is C15H21F3N4O2. The number of hydrogen-bond donors (Lipinski definition) is 0. The van der Waals surface area contributed by atoms with Crippen LogP contribution in [0.1, 0.15) is 50.2 Å². The average Bonchev–Trinajstić information content (AvgIpc) is 3.06. The molecule has 9 heteroatoms. The number of nitrogens with zero attached hydrogens (tertiary/aromatic N) is 4. The Bertz CT molecular complexity index is 586. The first-order valence-electron chi connectivity index (χ1n) is 8.20. The Hall–Kier alpha value is -1.64. The van der Waals surface area contributed by atoms with Crippen LogP contribution < -0.4 is 0 Å². The highest BCUT2D eigenvalue weighted by Gasteiger charge is 2.34. The second-order valence-electron chi connectivity index (χ2n) is 6.58. The quantitative estimate of drug-likeness (QED) is 0.791. The summed E-state index contributed by atoms with van der Waals surface area (Å²) in [7, 11) is 0. The van der Waals surface area contributed by atoms with Crippen molar-refractivity contribution in [1.29, 1.82) is 0 Å². The van der Waals surface area contributed by atoms with Gasteiger partial charge in [0, 0.05) is 38.5 Å². The molecule has 1 saturated heterocycles. The lowest BCUT2D eigenvalue weighted by Crippen LogP contribution is -2.40. The summed E-state index contributed by atoms with van der Waals surface area (Å²) in [5, 5.41) is 3.92. The molecule has 1 atom stereocenters. The molecule has 2 aliphatic rings. The Labute approximate surface area is 138 Å². The van der Waals surface area contributed by atoms with Crippen LogP contribution in [-0.4, -0.2) is 57.7 Å². The molecule has 1 amide bonds. The zero-order valence-electron chi connectivity index (χ0n) is 13.6. The van der Waals surface area contributed by atoms with Gasteiger partial charge in [0.05, 0.1) is 13.0 Å². The predicted molar refractivity (Wildman–Crippen MR) is 78.0 cm³/mol. The Morgan fingerprint density at radius 1 is 1.38 bits per heavy atom. The maximum absolute atomic E-state index is 12.3. The number of rotatable bonds is 6. The molecule has 3 rings (SSSR count).